The average molecular weight is 322 g/mol. The first kappa shape index (κ1) is 14.8. The van der Waals surface area contributed by atoms with Crippen molar-refractivity contribution in [1.82, 2.24) is 9.78 Å². The highest BCUT2D eigenvalue weighted by molar-refractivity contribution is 7.99. The number of nitrogens with zero attached hydrogens (tertiary/aromatic N) is 2. The van der Waals surface area contributed by atoms with Crippen molar-refractivity contribution >= 4 is 29.1 Å². The summed E-state index contributed by atoms with van der Waals surface area (Å²) in [6, 6.07) is 8.30. The Morgan fingerprint density at radius 3 is 3.00 bits per heavy atom. The predicted octanol–water partition coefficient (Wildman–Crippen LogP) is 4.47. The van der Waals surface area contributed by atoms with Gasteiger partial charge in [-0.05, 0) is 41.9 Å². The van der Waals surface area contributed by atoms with Crippen LogP contribution in [-0.4, -0.2) is 27.3 Å². The first-order chi connectivity index (χ1) is 10.0. The van der Waals surface area contributed by atoms with Gasteiger partial charge >= 0.3 is 0 Å². The van der Waals surface area contributed by atoms with Crippen molar-refractivity contribution in [2.45, 2.75) is 26.3 Å². The van der Waals surface area contributed by atoms with Crippen LogP contribution < -0.4 is 5.32 Å². The van der Waals surface area contributed by atoms with E-state index in [0.717, 1.165) is 22.2 Å². The third kappa shape index (κ3) is 3.55. The second-order valence-corrected chi connectivity index (χ2v) is 7.80. The smallest absolute Gasteiger partial charge is 0.0877 e. The van der Waals surface area contributed by atoms with Gasteiger partial charge in [-0.3, -0.25) is 0 Å². The molecule has 5 heteroatoms. The van der Waals surface area contributed by atoms with E-state index in [9.17, 15) is 0 Å². The minimum Gasteiger partial charge on any atom is -0.380 e. The highest BCUT2D eigenvalue weighted by atomic mass is 35.5. The zero-order chi connectivity index (χ0) is 14.9. The molecule has 1 N–H and O–H groups in total. The molecule has 3 nitrogen and oxygen atoms in total. The van der Waals surface area contributed by atoms with Crippen LogP contribution in [0.25, 0.3) is 5.69 Å². The summed E-state index contributed by atoms with van der Waals surface area (Å²) in [4.78, 5) is 0. The van der Waals surface area contributed by atoms with Crippen LogP contribution in [-0.2, 0) is 0 Å². The van der Waals surface area contributed by atoms with Gasteiger partial charge in [-0.2, -0.15) is 16.9 Å². The number of nitrogens with one attached hydrogen (secondary N) is 1. The van der Waals surface area contributed by atoms with E-state index in [2.05, 4.69) is 24.3 Å². The molecule has 1 unspecified atom stereocenters. The third-order valence-corrected chi connectivity index (χ3v) is 5.54. The number of rotatable bonds is 3. The van der Waals surface area contributed by atoms with Crippen molar-refractivity contribution in [3.05, 3.63) is 41.7 Å². The van der Waals surface area contributed by atoms with Gasteiger partial charge in [0.1, 0.15) is 0 Å². The van der Waals surface area contributed by atoms with Gasteiger partial charge in [0.05, 0.1) is 11.4 Å². The van der Waals surface area contributed by atoms with Gasteiger partial charge in [0.15, 0.2) is 0 Å². The Balaban J connectivity index is 1.86. The number of hydrogen-bond acceptors (Lipinski definition) is 3. The minimum atomic E-state index is 0.380. The fraction of sp³-hybridized carbons (Fsp3) is 0.438. The topological polar surface area (TPSA) is 29.9 Å². The standard InChI is InChI=1S/C16H20ClN3S/c1-16(2)9-13(10-21-11-16)19-14-8-12(17)4-5-15(14)20-7-3-6-18-20/h3-8,13,19H,9-11H2,1-2H3. The minimum absolute atomic E-state index is 0.380. The zero-order valence-corrected chi connectivity index (χ0v) is 13.9. The lowest BCUT2D eigenvalue weighted by Crippen LogP contribution is -2.35. The molecule has 21 heavy (non-hydrogen) atoms. The van der Waals surface area contributed by atoms with Gasteiger partial charge in [-0.1, -0.05) is 25.4 Å². The number of benzene rings is 1. The van der Waals surface area contributed by atoms with E-state index in [-0.39, 0.29) is 0 Å². The van der Waals surface area contributed by atoms with Crippen molar-refractivity contribution in [1.29, 1.82) is 0 Å². The summed E-state index contributed by atoms with van der Waals surface area (Å²) < 4.78 is 1.87. The number of halogens is 1. The maximum absolute atomic E-state index is 6.18. The molecule has 1 aromatic carbocycles. The van der Waals surface area contributed by atoms with Crippen LogP contribution in [0.5, 0.6) is 0 Å². The normalized spacial score (nSPS) is 21.2. The van der Waals surface area contributed by atoms with Crippen LogP contribution in [0, 0.1) is 5.41 Å². The van der Waals surface area contributed by atoms with E-state index in [1.807, 2.05) is 46.9 Å². The molecular formula is C16H20ClN3S. The molecule has 1 aliphatic rings. The lowest BCUT2D eigenvalue weighted by atomic mass is 9.87. The van der Waals surface area contributed by atoms with Crippen LogP contribution in [0.3, 0.4) is 0 Å². The highest BCUT2D eigenvalue weighted by Crippen LogP contribution is 2.35. The van der Waals surface area contributed by atoms with E-state index >= 15 is 0 Å². The van der Waals surface area contributed by atoms with Gasteiger partial charge in [0.2, 0.25) is 0 Å². The number of aromatic nitrogens is 2. The second kappa shape index (κ2) is 5.93. The quantitative estimate of drug-likeness (QED) is 0.904. The molecule has 1 saturated heterocycles. The molecule has 1 aliphatic heterocycles. The molecule has 112 valence electrons. The van der Waals surface area contributed by atoms with E-state index in [1.165, 1.54) is 12.2 Å². The molecule has 0 aliphatic carbocycles. The first-order valence-corrected chi connectivity index (χ1v) is 8.71. The van der Waals surface area contributed by atoms with E-state index in [1.54, 1.807) is 6.20 Å². The second-order valence-electron chi connectivity index (χ2n) is 6.34. The molecular weight excluding hydrogens is 302 g/mol. The molecule has 1 fully saturated rings. The van der Waals surface area contributed by atoms with Crippen LogP contribution in [0.1, 0.15) is 20.3 Å². The fourth-order valence-electron chi connectivity index (χ4n) is 2.81. The van der Waals surface area contributed by atoms with Crippen molar-refractivity contribution in [3.63, 3.8) is 0 Å². The summed E-state index contributed by atoms with van der Waals surface area (Å²) in [5.74, 6) is 2.36. The van der Waals surface area contributed by atoms with Gasteiger partial charge in [-0.25, -0.2) is 4.68 Å². The summed E-state index contributed by atoms with van der Waals surface area (Å²) in [6.07, 6.45) is 4.91. The Morgan fingerprint density at radius 2 is 2.29 bits per heavy atom. The van der Waals surface area contributed by atoms with Crippen molar-refractivity contribution < 1.29 is 0 Å². The summed E-state index contributed by atoms with van der Waals surface area (Å²) in [7, 11) is 0. The molecule has 0 bridgehead atoms. The van der Waals surface area contributed by atoms with E-state index < -0.39 is 0 Å². The van der Waals surface area contributed by atoms with E-state index in [4.69, 9.17) is 11.6 Å². The van der Waals surface area contributed by atoms with Crippen LogP contribution >= 0.6 is 23.4 Å². The number of anilines is 1. The lowest BCUT2D eigenvalue weighted by molar-refractivity contribution is 0.358. The molecule has 0 spiro atoms. The predicted molar refractivity (Wildman–Crippen MR) is 91.7 cm³/mol. The van der Waals surface area contributed by atoms with Crippen molar-refractivity contribution in [3.8, 4) is 5.69 Å². The van der Waals surface area contributed by atoms with Crippen molar-refractivity contribution in [2.75, 3.05) is 16.8 Å². The monoisotopic (exact) mass is 321 g/mol. The van der Waals surface area contributed by atoms with Gasteiger partial charge in [0, 0.05) is 29.2 Å². The van der Waals surface area contributed by atoms with Crippen LogP contribution in [0.15, 0.2) is 36.7 Å². The Morgan fingerprint density at radius 1 is 1.43 bits per heavy atom. The Labute approximate surface area is 135 Å². The number of hydrogen-bond donors (Lipinski definition) is 1. The SMILES string of the molecule is CC1(C)CSCC(Nc2cc(Cl)ccc2-n2cccn2)C1. The van der Waals surface area contributed by atoms with E-state index in [0.29, 0.717) is 11.5 Å². The third-order valence-electron chi connectivity index (χ3n) is 3.68. The van der Waals surface area contributed by atoms with Crippen LogP contribution in [0.4, 0.5) is 5.69 Å². The average Bonchev–Trinajstić information content (AvgIpc) is 2.91. The molecule has 1 aromatic heterocycles. The fourth-order valence-corrected chi connectivity index (χ4v) is 4.26. The maximum Gasteiger partial charge on any atom is 0.0877 e. The molecule has 2 heterocycles. The lowest BCUT2D eigenvalue weighted by Gasteiger charge is -2.36. The Bertz CT molecular complexity index is 610. The summed E-state index contributed by atoms with van der Waals surface area (Å²) in [5.41, 5.74) is 2.47. The highest BCUT2D eigenvalue weighted by Gasteiger charge is 2.28. The Hall–Kier alpha value is -1.13. The molecule has 0 amide bonds. The molecule has 0 saturated carbocycles. The summed E-state index contributed by atoms with van der Waals surface area (Å²) in [6.45, 7) is 4.67. The maximum atomic E-state index is 6.18. The van der Waals surface area contributed by atoms with Gasteiger partial charge in [0.25, 0.3) is 0 Å². The first-order valence-electron chi connectivity index (χ1n) is 7.17. The Kier molecular flexibility index (Phi) is 4.18. The largest absolute Gasteiger partial charge is 0.380 e. The van der Waals surface area contributed by atoms with Crippen LogP contribution in [0.2, 0.25) is 5.02 Å². The molecule has 1 atom stereocenters. The zero-order valence-electron chi connectivity index (χ0n) is 12.3. The van der Waals surface area contributed by atoms with Gasteiger partial charge in [-0.15, -0.1) is 0 Å². The van der Waals surface area contributed by atoms with Gasteiger partial charge < -0.3 is 5.32 Å². The summed E-state index contributed by atoms with van der Waals surface area (Å²) in [5, 5.41) is 8.74. The summed E-state index contributed by atoms with van der Waals surface area (Å²) >= 11 is 8.20. The number of thioether (sulfide) groups is 1. The molecule has 2 aromatic rings. The van der Waals surface area contributed by atoms with Crippen molar-refractivity contribution in [2.24, 2.45) is 5.41 Å². The molecule has 0 radical (unpaired) electrons. The molecule has 3 rings (SSSR count).